The summed E-state index contributed by atoms with van der Waals surface area (Å²) in [6.07, 6.45) is 7.11. The number of aromatic amines is 2. The number of hydrogen-bond acceptors (Lipinski definition) is 9. The number of carboxylic acids is 2. The van der Waals surface area contributed by atoms with Gasteiger partial charge in [-0.15, -0.1) is 0 Å². The monoisotopic (exact) mass is 866 g/mol. The van der Waals surface area contributed by atoms with Crippen molar-refractivity contribution in [2.45, 2.75) is 24.9 Å². The topological polar surface area (TPSA) is 215 Å². The third-order valence-electron chi connectivity index (χ3n) is 9.48. The number of aliphatic imine (C=N–C) groups is 2. The van der Waals surface area contributed by atoms with E-state index in [-0.39, 0.29) is 24.3 Å². The first-order chi connectivity index (χ1) is 28.7. The number of benzene rings is 6. The summed E-state index contributed by atoms with van der Waals surface area (Å²) in [6, 6.07) is 35.7. The van der Waals surface area contributed by atoms with E-state index in [9.17, 15) is 37.4 Å². The molecule has 8 rings (SSSR count). The summed E-state index contributed by atoms with van der Waals surface area (Å²) in [5, 5.41) is 45.2. The molecule has 0 radical (unpaired) electrons. The summed E-state index contributed by atoms with van der Waals surface area (Å²) < 4.78 is 22.4. The molecule has 2 atom stereocenters. The van der Waals surface area contributed by atoms with Crippen LogP contribution in [-0.2, 0) is 65.5 Å². The molecule has 0 aliphatic rings. The van der Waals surface area contributed by atoms with E-state index in [2.05, 4.69) is 22.5 Å². The van der Waals surface area contributed by atoms with Gasteiger partial charge in [0.25, 0.3) is 0 Å². The second-order valence-electron chi connectivity index (χ2n) is 13.1. The van der Waals surface area contributed by atoms with Crippen LogP contribution in [0.15, 0.2) is 144 Å². The summed E-state index contributed by atoms with van der Waals surface area (Å²) in [7, 11) is 0. The molecular formula is C44H36N4O9V2. The minimum absolute atomic E-state index is 0.0775. The molecule has 6 aromatic carbocycles. The maximum atomic E-state index is 11.7. The maximum absolute atomic E-state index is 11.7. The number of carboxylic acid groups (broad SMARTS) is 2. The summed E-state index contributed by atoms with van der Waals surface area (Å²) in [4.78, 5) is 38.4. The molecule has 0 bridgehead atoms. The van der Waals surface area contributed by atoms with Gasteiger partial charge < -0.3 is 30.4 Å². The van der Waals surface area contributed by atoms with Crippen LogP contribution in [0.3, 0.4) is 0 Å². The van der Waals surface area contributed by atoms with Crippen molar-refractivity contribution in [3.8, 4) is 11.5 Å². The van der Waals surface area contributed by atoms with Crippen molar-refractivity contribution in [3.63, 3.8) is 0 Å². The van der Waals surface area contributed by atoms with Crippen LogP contribution in [0, 0.1) is 0 Å². The van der Waals surface area contributed by atoms with E-state index in [1.807, 2.05) is 122 Å². The Labute approximate surface area is 351 Å². The number of phenols is 2. The Morgan fingerprint density at radius 3 is 1.31 bits per heavy atom. The number of aliphatic carboxylic acids is 2. The van der Waals surface area contributed by atoms with Crippen molar-refractivity contribution < 1.29 is 73.1 Å². The van der Waals surface area contributed by atoms with Gasteiger partial charge in [-0.25, -0.2) is 9.59 Å². The fourth-order valence-electron chi connectivity index (χ4n) is 6.61. The number of aromatic hydroxyl groups is 2. The summed E-state index contributed by atoms with van der Waals surface area (Å²) >= 11 is -2.61. The molecule has 0 spiro atoms. The number of hydrogen-bond donors (Lipinski definition) is 6. The number of carbonyl (C=O) groups is 2. The summed E-state index contributed by atoms with van der Waals surface area (Å²) in [5.74, 6) is -1.85. The Morgan fingerprint density at radius 1 is 0.559 bits per heavy atom. The van der Waals surface area contributed by atoms with Gasteiger partial charge in [0.05, 0.1) is 0 Å². The van der Waals surface area contributed by atoms with Gasteiger partial charge >= 0.3 is 55.0 Å². The van der Waals surface area contributed by atoms with Crippen molar-refractivity contribution in [2.75, 3.05) is 0 Å². The van der Waals surface area contributed by atoms with Crippen LogP contribution in [0.2, 0.25) is 0 Å². The van der Waals surface area contributed by atoms with Crippen LogP contribution in [0.25, 0.3) is 43.4 Å². The number of para-hydroxylation sites is 2. The van der Waals surface area contributed by atoms with Crippen LogP contribution in [-0.4, -0.2) is 66.8 Å². The van der Waals surface area contributed by atoms with Gasteiger partial charge in [-0.2, -0.15) is 0 Å². The Balaban J connectivity index is 0.000000178. The van der Waals surface area contributed by atoms with Crippen molar-refractivity contribution in [3.05, 3.63) is 156 Å². The molecule has 0 unspecified atom stereocenters. The number of nitrogens with zero attached hydrogens (tertiary/aromatic N) is 2. The second-order valence-corrected chi connectivity index (χ2v) is 14.8. The minimum atomic E-state index is -1.30. The molecule has 0 aliphatic heterocycles. The van der Waals surface area contributed by atoms with Gasteiger partial charge in [0.1, 0.15) is 11.5 Å². The molecule has 0 fully saturated rings. The molecule has 13 nitrogen and oxygen atoms in total. The normalized spacial score (nSPS) is 12.2. The molecule has 8 aromatic rings. The summed E-state index contributed by atoms with van der Waals surface area (Å²) in [5.41, 5.74) is 4.78. The molecule has 15 heteroatoms. The van der Waals surface area contributed by atoms with E-state index in [1.165, 1.54) is 12.4 Å². The van der Waals surface area contributed by atoms with Gasteiger partial charge in [-0.05, 0) is 56.9 Å². The van der Waals surface area contributed by atoms with E-state index in [1.54, 1.807) is 12.1 Å². The molecule has 0 saturated carbocycles. The first-order valence-corrected chi connectivity index (χ1v) is 20.3. The van der Waals surface area contributed by atoms with Crippen LogP contribution >= 0.6 is 0 Å². The SMILES string of the molecule is O=C(O)[C@H](Cc1c[nH]c2ccccc12)N=Cc1c(O)ccc2ccccc12.O=C(O)[C@H](Cc1c[nH]c2ccccc12)N=Cc1c(O)ccc2ccccc12.[O]=[V][O][V]=[O]. The van der Waals surface area contributed by atoms with Crippen molar-refractivity contribution in [2.24, 2.45) is 9.98 Å². The zero-order valence-corrected chi connectivity index (χ0v) is 33.8. The molecule has 2 aromatic heterocycles. The number of nitrogens with one attached hydrogen (secondary N) is 2. The van der Waals surface area contributed by atoms with Crippen molar-refractivity contribution >= 4 is 67.7 Å². The third kappa shape index (κ3) is 10.5. The molecule has 0 aliphatic carbocycles. The standard InChI is InChI=1S/2C22H18N2O3.3O.2V/c2*25-21-10-9-14-5-1-2-6-16(14)18(21)13-24-20(22(26)27)11-15-12-23-19-8-4-3-7-17(15)19;;;;;/h2*1-10,12-13,20,23,25H,11H2,(H,26,27);;;;;/t2*20-;;;;;/m00...../s1. The Morgan fingerprint density at radius 2 is 0.932 bits per heavy atom. The molecular weight excluding hydrogens is 830 g/mol. The Kier molecular flexibility index (Phi) is 14.5. The van der Waals surface area contributed by atoms with E-state index in [4.69, 9.17) is 0 Å². The fourth-order valence-corrected chi connectivity index (χ4v) is 6.83. The average Bonchev–Trinajstić information content (AvgIpc) is 3.86. The number of rotatable bonds is 12. The quantitative estimate of drug-likeness (QED) is 0.0656. The fraction of sp³-hybridized carbons (Fsp3) is 0.0909. The van der Waals surface area contributed by atoms with Crippen LogP contribution in [0.1, 0.15) is 22.3 Å². The molecule has 59 heavy (non-hydrogen) atoms. The number of H-pyrrole nitrogens is 2. The number of fused-ring (bicyclic) bond motifs is 4. The molecule has 6 N–H and O–H groups in total. The molecule has 0 amide bonds. The number of phenolic OH excluding ortho intramolecular Hbond substituents is 2. The van der Waals surface area contributed by atoms with Crippen LogP contribution < -0.4 is 0 Å². The van der Waals surface area contributed by atoms with Crippen molar-refractivity contribution in [1.82, 2.24) is 9.97 Å². The molecule has 296 valence electrons. The van der Waals surface area contributed by atoms with E-state index >= 15 is 0 Å². The zero-order chi connectivity index (χ0) is 41.7. The van der Waals surface area contributed by atoms with Crippen molar-refractivity contribution in [1.29, 1.82) is 0 Å². The van der Waals surface area contributed by atoms with E-state index in [0.717, 1.165) is 54.5 Å². The van der Waals surface area contributed by atoms with Crippen LogP contribution in [0.5, 0.6) is 11.5 Å². The predicted molar refractivity (Wildman–Crippen MR) is 216 cm³/mol. The van der Waals surface area contributed by atoms with Gasteiger partial charge in [-0.3, -0.25) is 9.98 Å². The Hall–Kier alpha value is -6.47. The van der Waals surface area contributed by atoms with Gasteiger partial charge in [0.2, 0.25) is 0 Å². The van der Waals surface area contributed by atoms with Gasteiger partial charge in [0.15, 0.2) is 12.1 Å². The van der Waals surface area contributed by atoms with Gasteiger partial charge in [-0.1, -0.05) is 97.1 Å². The predicted octanol–water partition coefficient (Wildman–Crippen LogP) is 7.97. The Bertz CT molecular complexity index is 2640. The first kappa shape index (κ1) is 42.1. The summed E-state index contributed by atoms with van der Waals surface area (Å²) in [6.45, 7) is 0. The van der Waals surface area contributed by atoms with E-state index < -0.39 is 57.2 Å². The molecule has 0 saturated heterocycles. The second kappa shape index (κ2) is 20.3. The molecule has 2 heterocycles. The first-order valence-electron chi connectivity index (χ1n) is 18.0. The third-order valence-corrected chi connectivity index (χ3v) is 10.5. The number of aromatic nitrogens is 2. The van der Waals surface area contributed by atoms with Gasteiger partial charge in [0, 0.05) is 70.6 Å². The average molecular weight is 867 g/mol. The van der Waals surface area contributed by atoms with E-state index in [0.29, 0.717) is 11.1 Å². The zero-order valence-electron chi connectivity index (χ0n) is 31.0. The van der Waals surface area contributed by atoms with Crippen LogP contribution in [0.4, 0.5) is 0 Å².